The van der Waals surface area contributed by atoms with Gasteiger partial charge < -0.3 is 15.0 Å². The molecule has 0 saturated carbocycles. The van der Waals surface area contributed by atoms with Crippen molar-refractivity contribution in [1.29, 1.82) is 0 Å². The maximum atomic E-state index is 13.3. The standard InChI is InChI=1S/C21H25FN4O2/c1-14(28-18-6-2-5-17(22)10-18)21(27)26-9-7-19-16(13-26)12-24-20(25-19)15-4-3-8-23-11-15/h2,5-6,10,12,14-15,23H,3-4,7-9,11,13H2,1H3/t14-,15+/m1/s1. The third kappa shape index (κ3) is 4.14. The molecule has 1 fully saturated rings. The number of amides is 1. The Morgan fingerprint density at radius 2 is 2.32 bits per heavy atom. The highest BCUT2D eigenvalue weighted by molar-refractivity contribution is 5.81. The number of ether oxygens (including phenoxy) is 1. The molecule has 7 heteroatoms. The van der Waals surface area contributed by atoms with Gasteiger partial charge in [0.25, 0.3) is 5.91 Å². The molecule has 3 heterocycles. The first-order valence-electron chi connectivity index (χ1n) is 9.86. The van der Waals surface area contributed by atoms with Crippen molar-refractivity contribution >= 4 is 5.91 Å². The van der Waals surface area contributed by atoms with E-state index in [2.05, 4.69) is 10.3 Å². The molecule has 2 aromatic rings. The first-order chi connectivity index (χ1) is 13.6. The fraction of sp³-hybridized carbons (Fsp3) is 0.476. The minimum Gasteiger partial charge on any atom is -0.481 e. The third-order valence-corrected chi connectivity index (χ3v) is 5.38. The smallest absolute Gasteiger partial charge is 0.263 e. The zero-order chi connectivity index (χ0) is 19.5. The zero-order valence-electron chi connectivity index (χ0n) is 16.0. The number of carbonyl (C=O) groups excluding carboxylic acids is 1. The van der Waals surface area contributed by atoms with Gasteiger partial charge in [0.15, 0.2) is 6.10 Å². The number of rotatable bonds is 4. The average Bonchev–Trinajstić information content (AvgIpc) is 2.73. The lowest BCUT2D eigenvalue weighted by atomic mass is 9.98. The summed E-state index contributed by atoms with van der Waals surface area (Å²) >= 11 is 0. The molecule has 0 spiro atoms. The van der Waals surface area contributed by atoms with E-state index in [-0.39, 0.29) is 11.7 Å². The lowest BCUT2D eigenvalue weighted by Gasteiger charge is -2.31. The Labute approximate surface area is 164 Å². The van der Waals surface area contributed by atoms with E-state index >= 15 is 0 Å². The molecule has 1 aromatic carbocycles. The summed E-state index contributed by atoms with van der Waals surface area (Å²) in [5.41, 5.74) is 2.03. The van der Waals surface area contributed by atoms with Gasteiger partial charge in [-0.05, 0) is 38.4 Å². The van der Waals surface area contributed by atoms with E-state index < -0.39 is 6.10 Å². The van der Waals surface area contributed by atoms with E-state index in [1.807, 2.05) is 6.20 Å². The molecule has 4 rings (SSSR count). The molecule has 1 amide bonds. The quantitative estimate of drug-likeness (QED) is 0.877. The number of nitrogens with zero attached hydrogens (tertiary/aromatic N) is 3. The number of aromatic nitrogens is 2. The van der Waals surface area contributed by atoms with Crippen molar-refractivity contribution < 1.29 is 13.9 Å². The molecule has 0 bridgehead atoms. The van der Waals surface area contributed by atoms with Gasteiger partial charge in [-0.2, -0.15) is 0 Å². The van der Waals surface area contributed by atoms with Crippen LogP contribution < -0.4 is 10.1 Å². The van der Waals surface area contributed by atoms with Gasteiger partial charge in [0.1, 0.15) is 17.4 Å². The number of hydrogen-bond donors (Lipinski definition) is 1. The normalized spacial score (nSPS) is 20.4. The molecular weight excluding hydrogens is 359 g/mol. The minimum atomic E-state index is -0.683. The van der Waals surface area contributed by atoms with Crippen molar-refractivity contribution in [2.75, 3.05) is 19.6 Å². The Balaban J connectivity index is 1.41. The average molecular weight is 384 g/mol. The highest BCUT2D eigenvalue weighted by atomic mass is 19.1. The van der Waals surface area contributed by atoms with Gasteiger partial charge in [-0.25, -0.2) is 14.4 Å². The molecule has 1 saturated heterocycles. The number of hydrogen-bond acceptors (Lipinski definition) is 5. The van der Waals surface area contributed by atoms with Crippen LogP contribution in [0.2, 0.25) is 0 Å². The molecule has 1 N–H and O–H groups in total. The van der Waals surface area contributed by atoms with E-state index in [0.717, 1.165) is 43.0 Å². The highest BCUT2D eigenvalue weighted by Crippen LogP contribution is 2.24. The van der Waals surface area contributed by atoms with Gasteiger partial charge in [-0.1, -0.05) is 6.07 Å². The van der Waals surface area contributed by atoms with Crippen molar-refractivity contribution in [2.24, 2.45) is 0 Å². The maximum absolute atomic E-state index is 13.3. The first kappa shape index (κ1) is 18.8. The summed E-state index contributed by atoms with van der Waals surface area (Å²) in [6, 6.07) is 5.84. The Bertz CT molecular complexity index is 854. The second-order valence-electron chi connectivity index (χ2n) is 7.47. The van der Waals surface area contributed by atoms with Crippen LogP contribution in [0.4, 0.5) is 4.39 Å². The predicted molar refractivity (Wildman–Crippen MR) is 102 cm³/mol. The summed E-state index contributed by atoms with van der Waals surface area (Å²) in [5, 5.41) is 3.40. The second kappa shape index (κ2) is 8.22. The topological polar surface area (TPSA) is 67.3 Å². The Kier molecular flexibility index (Phi) is 5.52. The Hall–Kier alpha value is -2.54. The summed E-state index contributed by atoms with van der Waals surface area (Å²) in [6.07, 6.45) is 4.16. The summed E-state index contributed by atoms with van der Waals surface area (Å²) in [6.45, 7) is 4.77. The summed E-state index contributed by atoms with van der Waals surface area (Å²) < 4.78 is 18.9. The summed E-state index contributed by atoms with van der Waals surface area (Å²) in [4.78, 5) is 23.9. The fourth-order valence-corrected chi connectivity index (χ4v) is 3.84. The number of piperidine rings is 1. The van der Waals surface area contributed by atoms with Crippen LogP contribution in [0.25, 0.3) is 0 Å². The molecule has 1 aromatic heterocycles. The van der Waals surface area contributed by atoms with Crippen LogP contribution in [0.3, 0.4) is 0 Å². The maximum Gasteiger partial charge on any atom is 0.263 e. The van der Waals surface area contributed by atoms with Crippen LogP contribution in [-0.2, 0) is 17.8 Å². The Morgan fingerprint density at radius 1 is 1.43 bits per heavy atom. The number of halogens is 1. The third-order valence-electron chi connectivity index (χ3n) is 5.38. The molecule has 6 nitrogen and oxygen atoms in total. The molecule has 28 heavy (non-hydrogen) atoms. The molecule has 2 aliphatic rings. The number of carbonyl (C=O) groups is 1. The van der Waals surface area contributed by atoms with E-state index in [1.165, 1.54) is 12.1 Å². The van der Waals surface area contributed by atoms with Gasteiger partial charge in [-0.15, -0.1) is 0 Å². The monoisotopic (exact) mass is 384 g/mol. The van der Waals surface area contributed by atoms with E-state index in [0.29, 0.717) is 31.2 Å². The van der Waals surface area contributed by atoms with Crippen molar-refractivity contribution in [3.8, 4) is 5.75 Å². The Morgan fingerprint density at radius 3 is 3.11 bits per heavy atom. The second-order valence-corrected chi connectivity index (χ2v) is 7.47. The molecule has 148 valence electrons. The van der Waals surface area contributed by atoms with Gasteiger partial charge in [0.05, 0.1) is 5.69 Å². The number of fused-ring (bicyclic) bond motifs is 1. The molecule has 0 radical (unpaired) electrons. The van der Waals surface area contributed by atoms with E-state index in [4.69, 9.17) is 9.72 Å². The van der Waals surface area contributed by atoms with E-state index in [1.54, 1.807) is 24.0 Å². The van der Waals surface area contributed by atoms with Gasteiger partial charge in [-0.3, -0.25) is 4.79 Å². The van der Waals surface area contributed by atoms with Crippen LogP contribution in [0, 0.1) is 5.82 Å². The van der Waals surface area contributed by atoms with Crippen LogP contribution >= 0.6 is 0 Å². The first-order valence-corrected chi connectivity index (χ1v) is 9.86. The van der Waals surface area contributed by atoms with Crippen molar-refractivity contribution in [3.63, 3.8) is 0 Å². The van der Waals surface area contributed by atoms with E-state index in [9.17, 15) is 9.18 Å². The fourth-order valence-electron chi connectivity index (χ4n) is 3.84. The number of benzene rings is 1. The van der Waals surface area contributed by atoms with Crippen LogP contribution in [0.1, 0.15) is 42.8 Å². The van der Waals surface area contributed by atoms with Crippen LogP contribution in [0.5, 0.6) is 5.75 Å². The molecule has 2 aliphatic heterocycles. The summed E-state index contributed by atoms with van der Waals surface area (Å²) in [5.74, 6) is 1.14. The van der Waals surface area contributed by atoms with Crippen LogP contribution in [0.15, 0.2) is 30.5 Å². The van der Waals surface area contributed by atoms with Gasteiger partial charge in [0, 0.05) is 49.8 Å². The van der Waals surface area contributed by atoms with Gasteiger partial charge in [0.2, 0.25) is 0 Å². The van der Waals surface area contributed by atoms with Crippen molar-refractivity contribution in [2.45, 2.75) is 44.8 Å². The SMILES string of the molecule is C[C@@H](Oc1cccc(F)c1)C(=O)N1CCc2nc([C@H]3CCCNC3)ncc2C1. The lowest BCUT2D eigenvalue weighted by Crippen LogP contribution is -2.43. The minimum absolute atomic E-state index is 0.115. The highest BCUT2D eigenvalue weighted by Gasteiger charge is 2.28. The molecule has 0 unspecified atom stereocenters. The zero-order valence-corrected chi connectivity index (χ0v) is 16.0. The predicted octanol–water partition coefficient (Wildman–Crippen LogP) is 2.43. The molecule has 0 aliphatic carbocycles. The van der Waals surface area contributed by atoms with Gasteiger partial charge >= 0.3 is 0 Å². The largest absolute Gasteiger partial charge is 0.481 e. The molecule has 2 atom stereocenters. The summed E-state index contributed by atoms with van der Waals surface area (Å²) in [7, 11) is 0. The lowest BCUT2D eigenvalue weighted by molar-refractivity contribution is -0.138. The van der Waals surface area contributed by atoms with Crippen molar-refractivity contribution in [1.82, 2.24) is 20.2 Å². The number of nitrogens with one attached hydrogen (secondary N) is 1. The van der Waals surface area contributed by atoms with Crippen LogP contribution in [-0.4, -0.2) is 46.5 Å². The van der Waals surface area contributed by atoms with Crippen molar-refractivity contribution in [3.05, 3.63) is 53.4 Å². The molecular formula is C21H25FN4O2.